The van der Waals surface area contributed by atoms with Gasteiger partial charge >= 0.3 is 0 Å². The fourth-order valence-electron chi connectivity index (χ4n) is 3.10. The van der Waals surface area contributed by atoms with E-state index >= 15 is 0 Å². The number of carbonyl (C=O) groups is 2. The van der Waals surface area contributed by atoms with Crippen LogP contribution in [0.3, 0.4) is 0 Å². The smallest absolute Gasteiger partial charge is 0.249 e. The van der Waals surface area contributed by atoms with Crippen molar-refractivity contribution in [2.45, 2.75) is 57.4 Å². The van der Waals surface area contributed by atoms with Crippen LogP contribution in [-0.2, 0) is 9.59 Å². The first-order valence-corrected chi connectivity index (χ1v) is 8.76. The molecule has 114 valence electrons. The molecule has 3 atom stereocenters. The lowest BCUT2D eigenvalue weighted by Gasteiger charge is -2.46. The molecule has 1 saturated carbocycles. The van der Waals surface area contributed by atoms with Crippen LogP contribution in [0.15, 0.2) is 0 Å². The van der Waals surface area contributed by atoms with Crippen LogP contribution < -0.4 is 5.32 Å². The maximum absolute atomic E-state index is 12.9. The summed E-state index contributed by atoms with van der Waals surface area (Å²) in [6.45, 7) is 8.68. The Balaban J connectivity index is 2.28. The fourth-order valence-corrected chi connectivity index (χ4v) is 3.41. The highest BCUT2D eigenvalue weighted by Gasteiger charge is 2.55. The van der Waals surface area contributed by atoms with Gasteiger partial charge in [-0.25, -0.2) is 0 Å². The van der Waals surface area contributed by atoms with Crippen LogP contribution in [0.1, 0.15) is 40.5 Å². The van der Waals surface area contributed by atoms with E-state index in [9.17, 15) is 9.59 Å². The third-order valence-corrected chi connectivity index (χ3v) is 5.53. The molecule has 1 saturated heterocycles. The second-order valence-corrected chi connectivity index (χ2v) is 7.93. The molecule has 1 aliphatic carbocycles. The molecule has 1 heterocycles. The second-order valence-electron chi connectivity index (χ2n) is 6.66. The first kappa shape index (κ1) is 15.7. The van der Waals surface area contributed by atoms with Crippen molar-refractivity contribution >= 4 is 23.6 Å². The van der Waals surface area contributed by atoms with Crippen molar-refractivity contribution in [3.8, 4) is 0 Å². The van der Waals surface area contributed by atoms with Crippen LogP contribution in [0.4, 0.5) is 0 Å². The molecule has 0 spiro atoms. The van der Waals surface area contributed by atoms with Gasteiger partial charge in [-0.15, -0.1) is 0 Å². The molecule has 2 amide bonds. The van der Waals surface area contributed by atoms with E-state index in [2.05, 4.69) is 12.2 Å². The monoisotopic (exact) mass is 298 g/mol. The zero-order valence-electron chi connectivity index (χ0n) is 13.1. The van der Waals surface area contributed by atoms with Crippen molar-refractivity contribution in [1.82, 2.24) is 10.2 Å². The molecule has 0 aromatic carbocycles. The molecule has 5 heteroatoms. The molecule has 4 nitrogen and oxygen atoms in total. The summed E-state index contributed by atoms with van der Waals surface area (Å²) < 4.78 is 0. The van der Waals surface area contributed by atoms with Gasteiger partial charge in [0.05, 0.1) is 0 Å². The highest BCUT2D eigenvalue weighted by atomic mass is 32.2. The molecular formula is C15H26N2O2S. The van der Waals surface area contributed by atoms with Gasteiger partial charge in [0.1, 0.15) is 11.6 Å². The number of hydrogen-bond donors (Lipinski definition) is 1. The van der Waals surface area contributed by atoms with E-state index in [1.54, 1.807) is 11.8 Å². The Morgan fingerprint density at radius 1 is 1.35 bits per heavy atom. The summed E-state index contributed by atoms with van der Waals surface area (Å²) in [6.07, 6.45) is 4.13. The van der Waals surface area contributed by atoms with Crippen LogP contribution in [-0.4, -0.2) is 46.3 Å². The number of amides is 2. The summed E-state index contributed by atoms with van der Waals surface area (Å²) in [7, 11) is 0. The van der Waals surface area contributed by atoms with E-state index in [1.165, 1.54) is 0 Å². The molecule has 3 unspecified atom stereocenters. The number of nitrogens with zero attached hydrogens (tertiary/aromatic N) is 1. The Hall–Kier alpha value is -0.710. The van der Waals surface area contributed by atoms with Crippen molar-refractivity contribution in [3.63, 3.8) is 0 Å². The van der Waals surface area contributed by atoms with Gasteiger partial charge in [0.15, 0.2) is 0 Å². The first-order valence-electron chi connectivity index (χ1n) is 7.47. The lowest BCUT2D eigenvalue weighted by molar-refractivity contribution is -0.157. The summed E-state index contributed by atoms with van der Waals surface area (Å²) in [5, 5.41) is 3.36. The lowest BCUT2D eigenvalue weighted by Crippen LogP contribution is -2.71. The third kappa shape index (κ3) is 2.69. The maximum Gasteiger partial charge on any atom is 0.249 e. The van der Waals surface area contributed by atoms with Crippen LogP contribution in [0.25, 0.3) is 0 Å². The van der Waals surface area contributed by atoms with Crippen molar-refractivity contribution in [3.05, 3.63) is 0 Å². The number of piperazine rings is 1. The summed E-state index contributed by atoms with van der Waals surface area (Å²) in [4.78, 5) is 27.3. The van der Waals surface area contributed by atoms with Gasteiger partial charge in [0, 0.05) is 11.8 Å². The molecule has 0 aromatic rings. The van der Waals surface area contributed by atoms with Crippen LogP contribution in [0.5, 0.6) is 0 Å². The van der Waals surface area contributed by atoms with E-state index in [0.717, 1.165) is 12.8 Å². The molecule has 20 heavy (non-hydrogen) atoms. The number of nitrogens with one attached hydrogen (secondary N) is 1. The Morgan fingerprint density at radius 3 is 2.40 bits per heavy atom. The van der Waals surface area contributed by atoms with Crippen molar-refractivity contribution in [2.24, 2.45) is 11.8 Å². The van der Waals surface area contributed by atoms with E-state index in [4.69, 9.17) is 0 Å². The molecule has 2 rings (SSSR count). The minimum Gasteiger partial charge on any atom is -0.340 e. The molecule has 2 fully saturated rings. The predicted molar refractivity (Wildman–Crippen MR) is 82.6 cm³/mol. The van der Waals surface area contributed by atoms with Crippen LogP contribution in [0.2, 0.25) is 0 Å². The maximum atomic E-state index is 12.9. The SMILES string of the molecule is CSC(C)CN1C(=O)C(C)(C2CC2)NC(=O)C1C(C)C. The van der Waals surface area contributed by atoms with Gasteiger partial charge in [0.25, 0.3) is 0 Å². The summed E-state index contributed by atoms with van der Waals surface area (Å²) in [5.41, 5.74) is -0.680. The fraction of sp³-hybridized carbons (Fsp3) is 0.867. The van der Waals surface area contributed by atoms with E-state index < -0.39 is 5.54 Å². The topological polar surface area (TPSA) is 49.4 Å². The Bertz CT molecular complexity index is 409. The van der Waals surface area contributed by atoms with Crippen LogP contribution >= 0.6 is 11.8 Å². The lowest BCUT2D eigenvalue weighted by atomic mass is 9.86. The van der Waals surface area contributed by atoms with Gasteiger partial charge < -0.3 is 10.2 Å². The summed E-state index contributed by atoms with van der Waals surface area (Å²) in [5.74, 6) is 0.581. The Morgan fingerprint density at radius 2 is 1.95 bits per heavy atom. The molecule has 2 aliphatic rings. The number of rotatable bonds is 5. The highest BCUT2D eigenvalue weighted by molar-refractivity contribution is 7.99. The standard InChI is InChI=1S/C15H26N2O2S/c1-9(2)12-13(18)16-15(4,11-6-7-11)14(19)17(12)8-10(3)20-5/h9-12H,6-8H2,1-5H3,(H,16,18). The summed E-state index contributed by atoms with van der Waals surface area (Å²) >= 11 is 1.73. The van der Waals surface area contributed by atoms with Gasteiger partial charge in [-0.05, 0) is 37.9 Å². The predicted octanol–water partition coefficient (Wildman–Crippen LogP) is 1.89. The van der Waals surface area contributed by atoms with Gasteiger partial charge in [0.2, 0.25) is 11.8 Å². The largest absolute Gasteiger partial charge is 0.340 e. The average molecular weight is 298 g/mol. The highest BCUT2D eigenvalue weighted by Crippen LogP contribution is 2.42. The number of hydrogen-bond acceptors (Lipinski definition) is 3. The number of thioether (sulfide) groups is 1. The third-order valence-electron chi connectivity index (χ3n) is 4.57. The second kappa shape index (κ2) is 5.58. The molecule has 1 N–H and O–H groups in total. The molecule has 0 bridgehead atoms. The van der Waals surface area contributed by atoms with Crippen molar-refractivity contribution in [2.75, 3.05) is 12.8 Å². The number of carbonyl (C=O) groups excluding carboxylic acids is 2. The molecule has 0 aromatic heterocycles. The van der Waals surface area contributed by atoms with E-state index in [-0.39, 0.29) is 23.8 Å². The normalized spacial score (nSPS) is 32.5. The molecule has 0 radical (unpaired) electrons. The van der Waals surface area contributed by atoms with E-state index in [0.29, 0.717) is 17.7 Å². The quantitative estimate of drug-likeness (QED) is 0.843. The average Bonchev–Trinajstić information content (AvgIpc) is 3.19. The zero-order valence-corrected chi connectivity index (χ0v) is 13.9. The molecule has 1 aliphatic heterocycles. The Kier molecular flexibility index (Phi) is 4.38. The van der Waals surface area contributed by atoms with Crippen molar-refractivity contribution in [1.29, 1.82) is 0 Å². The minimum atomic E-state index is -0.680. The van der Waals surface area contributed by atoms with Gasteiger partial charge in [-0.1, -0.05) is 20.8 Å². The van der Waals surface area contributed by atoms with Crippen molar-refractivity contribution < 1.29 is 9.59 Å². The zero-order chi connectivity index (χ0) is 15.1. The van der Waals surface area contributed by atoms with Gasteiger partial charge in [-0.2, -0.15) is 11.8 Å². The molecular weight excluding hydrogens is 272 g/mol. The minimum absolute atomic E-state index is 0.0160. The van der Waals surface area contributed by atoms with Crippen LogP contribution in [0, 0.1) is 11.8 Å². The van der Waals surface area contributed by atoms with E-state index in [1.807, 2.05) is 31.9 Å². The first-order chi connectivity index (χ1) is 9.31. The Labute approximate surface area is 126 Å². The van der Waals surface area contributed by atoms with Gasteiger partial charge in [-0.3, -0.25) is 9.59 Å². The summed E-state index contributed by atoms with van der Waals surface area (Å²) in [6, 6.07) is -0.330.